The van der Waals surface area contributed by atoms with Gasteiger partial charge in [0.05, 0.1) is 0 Å². The van der Waals surface area contributed by atoms with Crippen LogP contribution in [0.1, 0.15) is 61.4 Å². The van der Waals surface area contributed by atoms with Crippen LogP contribution in [0, 0.1) is 6.92 Å². The summed E-state index contributed by atoms with van der Waals surface area (Å²) >= 11 is 0. The lowest BCUT2D eigenvalue weighted by molar-refractivity contribution is -0.129. The molecule has 5 nitrogen and oxygen atoms in total. The third-order valence-electron chi connectivity index (χ3n) is 4.23. The van der Waals surface area contributed by atoms with Crippen LogP contribution < -0.4 is 5.32 Å². The Balaban J connectivity index is 1.90. The van der Waals surface area contributed by atoms with Crippen molar-refractivity contribution < 1.29 is 19.4 Å². The lowest BCUT2D eigenvalue weighted by atomic mass is 10.1. The van der Waals surface area contributed by atoms with E-state index in [0.717, 1.165) is 31.2 Å². The molecule has 23 heavy (non-hydrogen) atoms. The minimum absolute atomic E-state index is 0.0738. The summed E-state index contributed by atoms with van der Waals surface area (Å²) in [4.78, 5) is 24.3. The number of amides is 1. The molecule has 1 amide bonds. The molecule has 0 unspecified atom stereocenters. The maximum Gasteiger partial charge on any atom is 0.342 e. The fourth-order valence-electron chi connectivity index (χ4n) is 2.83. The zero-order chi connectivity index (χ0) is 16.8. The number of phenols is 1. The minimum Gasteiger partial charge on any atom is -0.507 e. The van der Waals surface area contributed by atoms with Gasteiger partial charge in [-0.2, -0.15) is 0 Å². The standard InChI is InChI=1S/C18H25NO4/c1-12-9-10-15(16(20)11-12)18(22)23-13(2)17(21)19-14-7-5-3-4-6-8-14/h9-11,13-14,20H,3-8H2,1-2H3,(H,19,21)/t13-/m1/s1. The number of aromatic hydroxyl groups is 1. The van der Waals surface area contributed by atoms with Crippen molar-refractivity contribution in [1.82, 2.24) is 5.32 Å². The van der Waals surface area contributed by atoms with Crippen molar-refractivity contribution >= 4 is 11.9 Å². The van der Waals surface area contributed by atoms with Gasteiger partial charge in [0, 0.05) is 6.04 Å². The molecule has 0 heterocycles. The molecule has 0 saturated heterocycles. The molecule has 1 fully saturated rings. The maximum absolute atomic E-state index is 12.2. The third-order valence-corrected chi connectivity index (χ3v) is 4.23. The highest BCUT2D eigenvalue weighted by Gasteiger charge is 2.23. The summed E-state index contributed by atoms with van der Waals surface area (Å²) in [5.41, 5.74) is 0.919. The van der Waals surface area contributed by atoms with E-state index in [1.54, 1.807) is 13.0 Å². The molecule has 1 aliphatic carbocycles. The Morgan fingerprint density at radius 1 is 1.22 bits per heavy atom. The highest BCUT2D eigenvalue weighted by molar-refractivity contribution is 5.94. The number of hydrogen-bond donors (Lipinski definition) is 2. The monoisotopic (exact) mass is 319 g/mol. The van der Waals surface area contributed by atoms with Gasteiger partial charge in [-0.05, 0) is 44.4 Å². The molecule has 2 N–H and O–H groups in total. The summed E-state index contributed by atoms with van der Waals surface area (Å²) in [6, 6.07) is 4.88. The molecule has 2 rings (SSSR count). The van der Waals surface area contributed by atoms with Gasteiger partial charge in [-0.3, -0.25) is 4.79 Å². The number of rotatable bonds is 4. The fourth-order valence-corrected chi connectivity index (χ4v) is 2.83. The maximum atomic E-state index is 12.2. The first-order chi connectivity index (χ1) is 11.0. The van der Waals surface area contributed by atoms with Gasteiger partial charge in [0.1, 0.15) is 11.3 Å². The van der Waals surface area contributed by atoms with E-state index < -0.39 is 12.1 Å². The van der Waals surface area contributed by atoms with Crippen molar-refractivity contribution in [3.05, 3.63) is 29.3 Å². The number of nitrogens with one attached hydrogen (secondary N) is 1. The van der Waals surface area contributed by atoms with Crippen LogP contribution in [-0.2, 0) is 9.53 Å². The molecule has 0 aromatic heterocycles. The number of hydrogen-bond acceptors (Lipinski definition) is 4. The summed E-state index contributed by atoms with van der Waals surface area (Å²) < 4.78 is 5.18. The number of carbonyl (C=O) groups is 2. The van der Waals surface area contributed by atoms with Gasteiger partial charge in [0.2, 0.25) is 0 Å². The zero-order valence-corrected chi connectivity index (χ0v) is 13.8. The van der Waals surface area contributed by atoms with E-state index in [9.17, 15) is 14.7 Å². The Morgan fingerprint density at radius 3 is 2.48 bits per heavy atom. The summed E-state index contributed by atoms with van der Waals surface area (Å²) in [7, 11) is 0. The fraction of sp³-hybridized carbons (Fsp3) is 0.556. The minimum atomic E-state index is -0.883. The molecule has 0 spiro atoms. The highest BCUT2D eigenvalue weighted by Crippen LogP contribution is 2.20. The zero-order valence-electron chi connectivity index (χ0n) is 13.8. The topological polar surface area (TPSA) is 75.6 Å². The highest BCUT2D eigenvalue weighted by atomic mass is 16.5. The molecule has 1 aromatic rings. The van der Waals surface area contributed by atoms with Gasteiger partial charge in [0.25, 0.3) is 5.91 Å². The van der Waals surface area contributed by atoms with Crippen molar-refractivity contribution in [2.45, 2.75) is 64.5 Å². The molecule has 1 saturated carbocycles. The van der Waals surface area contributed by atoms with Gasteiger partial charge in [0.15, 0.2) is 6.10 Å². The molecule has 0 aliphatic heterocycles. The van der Waals surface area contributed by atoms with E-state index >= 15 is 0 Å². The number of esters is 1. The van der Waals surface area contributed by atoms with Gasteiger partial charge >= 0.3 is 5.97 Å². The lowest BCUT2D eigenvalue weighted by Crippen LogP contribution is -2.41. The predicted octanol–water partition coefficient (Wildman–Crippen LogP) is 3.08. The number of benzene rings is 1. The van der Waals surface area contributed by atoms with Crippen molar-refractivity contribution in [3.8, 4) is 5.75 Å². The molecule has 1 aromatic carbocycles. The summed E-state index contributed by atoms with van der Waals surface area (Å²) in [5, 5.41) is 12.8. The first-order valence-electron chi connectivity index (χ1n) is 8.28. The van der Waals surface area contributed by atoms with Gasteiger partial charge in [-0.25, -0.2) is 4.79 Å². The first-order valence-corrected chi connectivity index (χ1v) is 8.28. The van der Waals surface area contributed by atoms with Crippen LogP contribution in [0.2, 0.25) is 0 Å². The van der Waals surface area contributed by atoms with Crippen LogP contribution in [0.15, 0.2) is 18.2 Å². The second-order valence-corrected chi connectivity index (χ2v) is 6.27. The normalized spacial score (nSPS) is 17.1. The molecule has 0 radical (unpaired) electrons. The average molecular weight is 319 g/mol. The Bertz CT molecular complexity index is 562. The molecular weight excluding hydrogens is 294 g/mol. The third kappa shape index (κ3) is 4.98. The van der Waals surface area contributed by atoms with Crippen LogP contribution in [-0.4, -0.2) is 29.1 Å². The van der Waals surface area contributed by atoms with E-state index in [1.807, 2.05) is 6.92 Å². The Labute approximate surface area is 137 Å². The smallest absolute Gasteiger partial charge is 0.342 e. The van der Waals surface area contributed by atoms with Gasteiger partial charge < -0.3 is 15.2 Å². The van der Waals surface area contributed by atoms with Crippen molar-refractivity contribution in [2.75, 3.05) is 0 Å². The van der Waals surface area contributed by atoms with Crippen LogP contribution in [0.25, 0.3) is 0 Å². The predicted molar refractivity (Wildman–Crippen MR) is 87.4 cm³/mol. The molecular formula is C18H25NO4. The number of carbonyl (C=O) groups excluding carboxylic acids is 2. The van der Waals surface area contributed by atoms with Gasteiger partial charge in [-0.1, -0.05) is 31.7 Å². The largest absolute Gasteiger partial charge is 0.507 e. The molecule has 1 atom stereocenters. The average Bonchev–Trinajstić information content (AvgIpc) is 2.75. The molecule has 126 valence electrons. The SMILES string of the molecule is Cc1ccc(C(=O)O[C@H](C)C(=O)NC2CCCCCC2)c(O)c1. The number of phenolic OH excluding ortho intramolecular Hbond substituents is 1. The van der Waals surface area contributed by atoms with Crippen molar-refractivity contribution in [1.29, 1.82) is 0 Å². The van der Waals surface area contributed by atoms with Crippen LogP contribution >= 0.6 is 0 Å². The molecule has 0 bridgehead atoms. The van der Waals surface area contributed by atoms with E-state index in [4.69, 9.17) is 4.74 Å². The summed E-state index contributed by atoms with van der Waals surface area (Å²) in [6.45, 7) is 3.37. The van der Waals surface area contributed by atoms with E-state index in [1.165, 1.54) is 25.0 Å². The number of ether oxygens (including phenoxy) is 1. The van der Waals surface area contributed by atoms with Crippen LogP contribution in [0.3, 0.4) is 0 Å². The Kier molecular flexibility index (Phi) is 6.02. The second kappa shape index (κ2) is 7.99. The first kappa shape index (κ1) is 17.3. The Hall–Kier alpha value is -2.04. The van der Waals surface area contributed by atoms with Crippen LogP contribution in [0.5, 0.6) is 5.75 Å². The Morgan fingerprint density at radius 2 is 1.87 bits per heavy atom. The molecule has 5 heteroatoms. The quantitative estimate of drug-likeness (QED) is 0.660. The number of aryl methyl sites for hydroxylation is 1. The summed E-state index contributed by atoms with van der Waals surface area (Å²) in [6.07, 6.45) is 5.74. The van der Waals surface area contributed by atoms with E-state index in [-0.39, 0.29) is 23.3 Å². The van der Waals surface area contributed by atoms with Crippen molar-refractivity contribution in [3.63, 3.8) is 0 Å². The molecule has 1 aliphatic rings. The van der Waals surface area contributed by atoms with Crippen LogP contribution in [0.4, 0.5) is 0 Å². The van der Waals surface area contributed by atoms with Crippen molar-refractivity contribution in [2.24, 2.45) is 0 Å². The summed E-state index contributed by atoms with van der Waals surface area (Å²) in [5.74, 6) is -1.10. The van der Waals surface area contributed by atoms with E-state index in [2.05, 4.69) is 5.32 Å². The second-order valence-electron chi connectivity index (χ2n) is 6.27. The van der Waals surface area contributed by atoms with E-state index in [0.29, 0.717) is 0 Å². The van der Waals surface area contributed by atoms with Gasteiger partial charge in [-0.15, -0.1) is 0 Å². The lowest BCUT2D eigenvalue weighted by Gasteiger charge is -2.19.